The number of thiophene rings is 1. The van der Waals surface area contributed by atoms with Gasteiger partial charge in [0, 0.05) is 33.6 Å². The third-order valence-electron chi connectivity index (χ3n) is 3.42. The van der Waals surface area contributed by atoms with E-state index in [9.17, 15) is 0 Å². The van der Waals surface area contributed by atoms with Crippen LogP contribution in [0.1, 0.15) is 39.5 Å². The first-order valence-electron chi connectivity index (χ1n) is 7.18. The summed E-state index contributed by atoms with van der Waals surface area (Å²) >= 11 is 7.87. The fourth-order valence-electron chi connectivity index (χ4n) is 2.28. The molecule has 0 spiro atoms. The van der Waals surface area contributed by atoms with Crippen molar-refractivity contribution < 1.29 is 0 Å². The first-order chi connectivity index (χ1) is 9.26. The smallest absolute Gasteiger partial charge is 0.0554 e. The number of nitrogens with zero attached hydrogens (tertiary/aromatic N) is 1. The third kappa shape index (κ3) is 3.64. The Balaban J connectivity index is 2.26. The molecule has 0 atom stereocenters. The van der Waals surface area contributed by atoms with Gasteiger partial charge in [0.1, 0.15) is 0 Å². The van der Waals surface area contributed by atoms with Crippen LogP contribution >= 0.6 is 22.9 Å². The van der Waals surface area contributed by atoms with Gasteiger partial charge in [-0.3, -0.25) is 0 Å². The molecule has 1 heterocycles. The summed E-state index contributed by atoms with van der Waals surface area (Å²) in [5.41, 5.74) is 1.39. The zero-order valence-electron chi connectivity index (χ0n) is 11.8. The van der Waals surface area contributed by atoms with E-state index in [4.69, 9.17) is 11.6 Å². The van der Waals surface area contributed by atoms with Crippen LogP contribution in [0.4, 0.5) is 5.69 Å². The number of fused-ring (bicyclic) bond motifs is 1. The molecule has 0 fully saturated rings. The Labute approximate surface area is 125 Å². The highest BCUT2D eigenvalue weighted by Crippen LogP contribution is 2.35. The van der Waals surface area contributed by atoms with Gasteiger partial charge in [-0.1, -0.05) is 38.3 Å². The Morgan fingerprint density at radius 3 is 2.42 bits per heavy atom. The molecule has 2 rings (SSSR count). The summed E-state index contributed by atoms with van der Waals surface area (Å²) in [6.45, 7) is 6.82. The predicted octanol–water partition coefficient (Wildman–Crippen LogP) is 5.96. The van der Waals surface area contributed by atoms with Gasteiger partial charge in [0.25, 0.3) is 0 Å². The van der Waals surface area contributed by atoms with Crippen LogP contribution in [0.5, 0.6) is 0 Å². The second-order valence-electron chi connectivity index (χ2n) is 4.96. The van der Waals surface area contributed by atoms with Crippen LogP contribution < -0.4 is 4.90 Å². The molecule has 0 aliphatic carbocycles. The Kier molecular flexibility index (Phi) is 5.53. The number of unbranched alkanes of at least 4 members (excludes halogenated alkanes) is 2. The van der Waals surface area contributed by atoms with Gasteiger partial charge in [-0.05, 0) is 31.0 Å². The van der Waals surface area contributed by atoms with Crippen molar-refractivity contribution in [2.45, 2.75) is 39.5 Å². The van der Waals surface area contributed by atoms with Gasteiger partial charge >= 0.3 is 0 Å². The topological polar surface area (TPSA) is 3.24 Å². The van der Waals surface area contributed by atoms with Crippen molar-refractivity contribution in [3.05, 3.63) is 28.6 Å². The van der Waals surface area contributed by atoms with Crippen molar-refractivity contribution in [2.24, 2.45) is 0 Å². The van der Waals surface area contributed by atoms with Gasteiger partial charge in [0.15, 0.2) is 0 Å². The quantitative estimate of drug-likeness (QED) is 0.609. The summed E-state index contributed by atoms with van der Waals surface area (Å²) in [7, 11) is 0. The van der Waals surface area contributed by atoms with Crippen LogP contribution in [-0.4, -0.2) is 13.1 Å². The maximum absolute atomic E-state index is 6.07. The number of hydrogen-bond acceptors (Lipinski definition) is 2. The lowest BCUT2D eigenvalue weighted by atomic mass is 10.2. The molecule has 0 bridgehead atoms. The van der Waals surface area contributed by atoms with E-state index >= 15 is 0 Å². The molecular weight excluding hydrogens is 274 g/mol. The number of rotatable bonds is 7. The van der Waals surface area contributed by atoms with Crippen LogP contribution in [0.3, 0.4) is 0 Å². The second-order valence-corrected chi connectivity index (χ2v) is 6.30. The molecule has 0 saturated heterocycles. The molecule has 0 aliphatic rings. The van der Waals surface area contributed by atoms with Gasteiger partial charge in [-0.2, -0.15) is 0 Å². The Hall–Kier alpha value is -0.730. The van der Waals surface area contributed by atoms with E-state index in [-0.39, 0.29) is 0 Å². The van der Waals surface area contributed by atoms with Gasteiger partial charge in [-0.15, -0.1) is 11.3 Å². The molecule has 0 aliphatic heterocycles. The zero-order valence-corrected chi connectivity index (χ0v) is 13.4. The minimum atomic E-state index is 0.828. The van der Waals surface area contributed by atoms with Crippen molar-refractivity contribution >= 4 is 38.7 Å². The highest BCUT2D eigenvalue weighted by Gasteiger charge is 2.11. The molecule has 1 aromatic carbocycles. The van der Waals surface area contributed by atoms with E-state index in [1.807, 2.05) is 6.07 Å². The number of anilines is 1. The van der Waals surface area contributed by atoms with E-state index < -0.39 is 0 Å². The van der Waals surface area contributed by atoms with Gasteiger partial charge in [-0.25, -0.2) is 0 Å². The SMILES string of the molecule is CCCCN(CCCC)c1csc2cc(Cl)ccc12. The maximum atomic E-state index is 6.07. The summed E-state index contributed by atoms with van der Waals surface area (Å²) in [4.78, 5) is 2.54. The summed E-state index contributed by atoms with van der Waals surface area (Å²) in [5.74, 6) is 0. The minimum absolute atomic E-state index is 0.828. The molecule has 3 heteroatoms. The van der Waals surface area contributed by atoms with Crippen molar-refractivity contribution in [3.63, 3.8) is 0 Å². The molecule has 1 nitrogen and oxygen atoms in total. The van der Waals surface area contributed by atoms with Crippen LogP contribution in [0.15, 0.2) is 23.6 Å². The molecule has 1 aromatic heterocycles. The number of halogens is 1. The maximum Gasteiger partial charge on any atom is 0.0554 e. The van der Waals surface area contributed by atoms with Gasteiger partial charge < -0.3 is 4.90 Å². The highest BCUT2D eigenvalue weighted by molar-refractivity contribution is 7.17. The van der Waals surface area contributed by atoms with Gasteiger partial charge in [0.2, 0.25) is 0 Å². The lowest BCUT2D eigenvalue weighted by molar-refractivity contribution is 0.680. The lowest BCUT2D eigenvalue weighted by Crippen LogP contribution is -2.25. The lowest BCUT2D eigenvalue weighted by Gasteiger charge is -2.24. The fraction of sp³-hybridized carbons (Fsp3) is 0.500. The number of benzene rings is 1. The standard InChI is InChI=1S/C16H22ClNS/c1-3-5-9-18(10-6-4-2)15-12-19-16-11-13(17)7-8-14(15)16/h7-8,11-12H,3-6,9-10H2,1-2H3. The van der Waals surface area contributed by atoms with Crippen molar-refractivity contribution in [3.8, 4) is 0 Å². The molecule has 0 N–H and O–H groups in total. The van der Waals surface area contributed by atoms with E-state index in [0.29, 0.717) is 0 Å². The van der Waals surface area contributed by atoms with E-state index in [1.54, 1.807) is 11.3 Å². The highest BCUT2D eigenvalue weighted by atomic mass is 35.5. The van der Waals surface area contributed by atoms with Crippen LogP contribution in [0.25, 0.3) is 10.1 Å². The Morgan fingerprint density at radius 1 is 1.11 bits per heavy atom. The van der Waals surface area contributed by atoms with Crippen LogP contribution in [-0.2, 0) is 0 Å². The Bertz CT molecular complexity index is 512. The normalized spacial score (nSPS) is 11.1. The van der Waals surface area contributed by atoms with Crippen molar-refractivity contribution in [2.75, 3.05) is 18.0 Å². The predicted molar refractivity (Wildman–Crippen MR) is 88.9 cm³/mol. The Morgan fingerprint density at radius 2 is 1.79 bits per heavy atom. The van der Waals surface area contributed by atoms with E-state index in [1.165, 1.54) is 41.5 Å². The number of hydrogen-bond donors (Lipinski definition) is 0. The summed E-state index contributed by atoms with van der Waals surface area (Å²) in [6.07, 6.45) is 5.01. The first-order valence-corrected chi connectivity index (χ1v) is 8.43. The van der Waals surface area contributed by atoms with E-state index in [2.05, 4.69) is 36.3 Å². The first kappa shape index (κ1) is 14.7. The molecule has 0 saturated carbocycles. The molecular formula is C16H22ClNS. The molecule has 19 heavy (non-hydrogen) atoms. The minimum Gasteiger partial charge on any atom is -0.370 e. The molecule has 0 radical (unpaired) electrons. The van der Waals surface area contributed by atoms with E-state index in [0.717, 1.165) is 18.1 Å². The molecule has 2 aromatic rings. The largest absolute Gasteiger partial charge is 0.370 e. The monoisotopic (exact) mass is 295 g/mol. The molecule has 0 unspecified atom stereocenters. The average molecular weight is 296 g/mol. The summed E-state index contributed by atoms with van der Waals surface area (Å²) in [5, 5.41) is 4.46. The molecule has 0 amide bonds. The van der Waals surface area contributed by atoms with Crippen molar-refractivity contribution in [1.82, 2.24) is 0 Å². The van der Waals surface area contributed by atoms with Crippen LogP contribution in [0.2, 0.25) is 5.02 Å². The third-order valence-corrected chi connectivity index (χ3v) is 4.59. The average Bonchev–Trinajstić information content (AvgIpc) is 2.82. The molecule has 104 valence electrons. The zero-order chi connectivity index (χ0) is 13.7. The fourth-order valence-corrected chi connectivity index (χ4v) is 3.53. The summed E-state index contributed by atoms with van der Waals surface area (Å²) in [6, 6.07) is 6.23. The van der Waals surface area contributed by atoms with Crippen LogP contribution in [0, 0.1) is 0 Å². The summed E-state index contributed by atoms with van der Waals surface area (Å²) < 4.78 is 1.29. The van der Waals surface area contributed by atoms with Crippen molar-refractivity contribution in [1.29, 1.82) is 0 Å². The van der Waals surface area contributed by atoms with Gasteiger partial charge in [0.05, 0.1) is 5.69 Å². The second kappa shape index (κ2) is 7.16.